The third kappa shape index (κ3) is 2.59. The van der Waals surface area contributed by atoms with Crippen LogP contribution in [-0.2, 0) is 4.79 Å². The number of amidine groups is 1. The highest BCUT2D eigenvalue weighted by molar-refractivity contribution is 6.30. The first-order valence-electron chi connectivity index (χ1n) is 7.19. The van der Waals surface area contributed by atoms with Crippen molar-refractivity contribution in [1.82, 2.24) is 14.7 Å². The van der Waals surface area contributed by atoms with Crippen molar-refractivity contribution in [3.63, 3.8) is 0 Å². The molecule has 1 fully saturated rings. The van der Waals surface area contributed by atoms with Crippen molar-refractivity contribution in [2.75, 3.05) is 21.1 Å². The fourth-order valence-corrected chi connectivity index (χ4v) is 3.01. The first-order chi connectivity index (χ1) is 10.9. The van der Waals surface area contributed by atoms with E-state index in [2.05, 4.69) is 4.99 Å². The fraction of sp³-hybridized carbons (Fsp3) is 0.312. The average Bonchev–Trinajstić information content (AvgIpc) is 2.86. The molecule has 0 bridgehead atoms. The molecule has 0 saturated carbocycles. The molecule has 0 N–H and O–H groups in total. The highest BCUT2D eigenvalue weighted by Gasteiger charge is 2.49. The summed E-state index contributed by atoms with van der Waals surface area (Å²) in [5, 5.41) is 0.657. The summed E-state index contributed by atoms with van der Waals surface area (Å²) in [6, 6.07) is 6.62. The Morgan fingerprint density at radius 2 is 1.87 bits per heavy atom. The zero-order valence-electron chi connectivity index (χ0n) is 13.1. The van der Waals surface area contributed by atoms with E-state index in [1.807, 2.05) is 36.4 Å². The highest BCUT2D eigenvalue weighted by atomic mass is 35.5. The number of carbonyl (C=O) groups excluding carboxylic acids is 2. The molecular weight excluding hydrogens is 316 g/mol. The SMILES string of the molecule is CN1C(=O)C2C(N=C(/C=C/c3cccc(Cl)c3)N2C)N(C)C1=O. The van der Waals surface area contributed by atoms with Crippen LogP contribution in [0.4, 0.5) is 4.79 Å². The first-order valence-corrected chi connectivity index (χ1v) is 7.56. The van der Waals surface area contributed by atoms with Gasteiger partial charge in [0.05, 0.1) is 0 Å². The van der Waals surface area contributed by atoms with Crippen LogP contribution in [-0.4, -0.2) is 65.8 Å². The largest absolute Gasteiger partial charge is 0.344 e. The maximum Gasteiger partial charge on any atom is 0.328 e. The molecule has 120 valence electrons. The number of nitrogens with zero attached hydrogens (tertiary/aromatic N) is 4. The van der Waals surface area contributed by atoms with Crippen molar-refractivity contribution in [3.05, 3.63) is 40.9 Å². The van der Waals surface area contributed by atoms with Gasteiger partial charge in [0.25, 0.3) is 5.91 Å². The molecule has 0 spiro atoms. The van der Waals surface area contributed by atoms with Crippen molar-refractivity contribution in [3.8, 4) is 0 Å². The number of hydrogen-bond acceptors (Lipinski definition) is 4. The topological polar surface area (TPSA) is 56.2 Å². The number of halogens is 1. The van der Waals surface area contributed by atoms with Crippen LogP contribution in [0.3, 0.4) is 0 Å². The van der Waals surface area contributed by atoms with Gasteiger partial charge >= 0.3 is 6.03 Å². The van der Waals surface area contributed by atoms with Gasteiger partial charge < -0.3 is 9.80 Å². The molecule has 1 aromatic carbocycles. The zero-order chi connectivity index (χ0) is 16.7. The molecule has 0 aromatic heterocycles. The number of fused-ring (bicyclic) bond motifs is 1. The molecule has 1 aromatic rings. The smallest absolute Gasteiger partial charge is 0.328 e. The molecule has 2 atom stereocenters. The summed E-state index contributed by atoms with van der Waals surface area (Å²) in [7, 11) is 4.95. The van der Waals surface area contributed by atoms with E-state index < -0.39 is 12.2 Å². The van der Waals surface area contributed by atoms with E-state index in [0.717, 1.165) is 10.5 Å². The minimum Gasteiger partial charge on any atom is -0.344 e. The van der Waals surface area contributed by atoms with Gasteiger partial charge in [0.2, 0.25) is 0 Å². The molecule has 1 saturated heterocycles. The fourth-order valence-electron chi connectivity index (χ4n) is 2.82. The first kappa shape index (κ1) is 15.6. The van der Waals surface area contributed by atoms with Gasteiger partial charge in [-0.3, -0.25) is 9.69 Å². The Morgan fingerprint density at radius 3 is 2.57 bits per heavy atom. The number of carbonyl (C=O) groups is 2. The zero-order valence-corrected chi connectivity index (χ0v) is 13.9. The van der Waals surface area contributed by atoms with Gasteiger partial charge in [-0.25, -0.2) is 9.79 Å². The molecule has 6 nitrogen and oxygen atoms in total. The predicted molar refractivity (Wildman–Crippen MR) is 89.2 cm³/mol. The van der Waals surface area contributed by atoms with Crippen LogP contribution < -0.4 is 0 Å². The van der Waals surface area contributed by atoms with E-state index in [9.17, 15) is 9.59 Å². The molecule has 0 aliphatic carbocycles. The summed E-state index contributed by atoms with van der Waals surface area (Å²) in [4.78, 5) is 33.3. The van der Waals surface area contributed by atoms with Crippen molar-refractivity contribution >= 4 is 35.5 Å². The van der Waals surface area contributed by atoms with Gasteiger partial charge in [-0.05, 0) is 23.8 Å². The number of amides is 3. The number of hydrogen-bond donors (Lipinski definition) is 0. The molecule has 2 aliphatic heterocycles. The highest BCUT2D eigenvalue weighted by Crippen LogP contribution is 2.26. The van der Waals surface area contributed by atoms with Gasteiger partial charge in [0, 0.05) is 26.2 Å². The van der Waals surface area contributed by atoms with Crippen molar-refractivity contribution in [1.29, 1.82) is 0 Å². The van der Waals surface area contributed by atoms with E-state index in [0.29, 0.717) is 10.9 Å². The van der Waals surface area contributed by atoms with Crippen LogP contribution in [0.25, 0.3) is 6.08 Å². The van der Waals surface area contributed by atoms with Crippen molar-refractivity contribution in [2.24, 2.45) is 4.99 Å². The van der Waals surface area contributed by atoms with Crippen molar-refractivity contribution < 1.29 is 9.59 Å². The van der Waals surface area contributed by atoms with E-state index >= 15 is 0 Å². The van der Waals surface area contributed by atoms with Crippen LogP contribution in [0, 0.1) is 0 Å². The number of likely N-dealkylation sites (N-methyl/N-ethyl adjacent to an activating group) is 3. The standard InChI is InChI=1S/C16H17ClN4O2/c1-19-12(8-7-10-5-4-6-11(17)9-10)18-14-13(19)15(22)21(3)16(23)20(14)2/h4-9,13-14H,1-3H3/b8-7+. The molecule has 0 radical (unpaired) electrons. The molecular formula is C16H17ClN4O2. The van der Waals surface area contributed by atoms with Gasteiger partial charge in [-0.1, -0.05) is 29.8 Å². The third-order valence-corrected chi connectivity index (χ3v) is 4.40. The lowest BCUT2D eigenvalue weighted by atomic mass is 10.1. The molecule has 3 amide bonds. The van der Waals surface area contributed by atoms with E-state index in [1.54, 1.807) is 19.0 Å². The van der Waals surface area contributed by atoms with Crippen LogP contribution >= 0.6 is 11.6 Å². The summed E-state index contributed by atoms with van der Waals surface area (Å²) in [6.45, 7) is 0. The second-order valence-corrected chi connectivity index (χ2v) is 6.07. The third-order valence-electron chi connectivity index (χ3n) is 4.17. The van der Waals surface area contributed by atoms with E-state index in [-0.39, 0.29) is 11.9 Å². The Bertz CT molecular complexity index is 731. The van der Waals surface area contributed by atoms with Gasteiger partial charge in [0.1, 0.15) is 5.84 Å². The number of urea groups is 1. The Kier molecular flexibility index (Phi) is 3.85. The summed E-state index contributed by atoms with van der Waals surface area (Å²) in [5.74, 6) is 0.416. The van der Waals surface area contributed by atoms with E-state index in [4.69, 9.17) is 11.6 Å². The van der Waals surface area contributed by atoms with Crippen LogP contribution in [0.2, 0.25) is 5.02 Å². The van der Waals surface area contributed by atoms with Crippen LogP contribution in [0.5, 0.6) is 0 Å². The minimum absolute atomic E-state index is 0.240. The van der Waals surface area contributed by atoms with Crippen LogP contribution in [0.1, 0.15) is 5.56 Å². The molecule has 2 aliphatic rings. The maximum absolute atomic E-state index is 12.4. The quantitative estimate of drug-likeness (QED) is 0.831. The summed E-state index contributed by atoms with van der Waals surface area (Å²) >= 11 is 5.97. The Morgan fingerprint density at radius 1 is 1.13 bits per heavy atom. The predicted octanol–water partition coefficient (Wildman–Crippen LogP) is 1.92. The van der Waals surface area contributed by atoms with Gasteiger partial charge in [0.15, 0.2) is 12.2 Å². The molecule has 23 heavy (non-hydrogen) atoms. The minimum atomic E-state index is -0.491. The number of rotatable bonds is 2. The monoisotopic (exact) mass is 332 g/mol. The summed E-state index contributed by atoms with van der Waals surface area (Å²) in [6.07, 6.45) is 3.22. The van der Waals surface area contributed by atoms with Crippen molar-refractivity contribution in [2.45, 2.75) is 12.2 Å². The lowest BCUT2D eigenvalue weighted by Gasteiger charge is -2.38. The molecule has 3 rings (SSSR count). The number of imide groups is 1. The summed E-state index contributed by atoms with van der Waals surface area (Å²) in [5.41, 5.74) is 0.941. The Hall–Kier alpha value is -2.34. The Balaban J connectivity index is 1.87. The molecule has 2 unspecified atom stereocenters. The summed E-state index contributed by atoms with van der Waals surface area (Å²) < 4.78 is 0. The van der Waals surface area contributed by atoms with Gasteiger partial charge in [-0.2, -0.15) is 0 Å². The lowest BCUT2D eigenvalue weighted by Crippen LogP contribution is -2.63. The normalized spacial score (nSPS) is 24.5. The number of aliphatic imine (C=N–C) groups is 1. The van der Waals surface area contributed by atoms with Crippen LogP contribution in [0.15, 0.2) is 35.3 Å². The maximum atomic E-state index is 12.4. The second-order valence-electron chi connectivity index (χ2n) is 5.64. The Labute approximate surface area is 139 Å². The average molecular weight is 333 g/mol. The molecule has 2 heterocycles. The lowest BCUT2D eigenvalue weighted by molar-refractivity contribution is -0.135. The van der Waals surface area contributed by atoms with Gasteiger partial charge in [-0.15, -0.1) is 0 Å². The molecule has 7 heteroatoms. The van der Waals surface area contributed by atoms with E-state index in [1.165, 1.54) is 11.9 Å². The number of benzene rings is 1. The second kappa shape index (κ2) is 5.70.